The Labute approximate surface area is 146 Å². The molecule has 0 aliphatic carbocycles. The molecule has 0 spiro atoms. The normalized spacial score (nSPS) is 17.0. The number of aryl methyl sites for hydroxylation is 3. The summed E-state index contributed by atoms with van der Waals surface area (Å²) in [7, 11) is 0. The fourth-order valence-corrected chi connectivity index (χ4v) is 2.92. The maximum absolute atomic E-state index is 12.6. The molecule has 7 nitrogen and oxygen atoms in total. The Morgan fingerprint density at radius 1 is 1.32 bits per heavy atom. The van der Waals surface area contributed by atoms with Gasteiger partial charge >= 0.3 is 6.03 Å². The Kier molecular flexibility index (Phi) is 4.74. The van der Waals surface area contributed by atoms with Gasteiger partial charge in [-0.25, -0.2) is 4.79 Å². The van der Waals surface area contributed by atoms with E-state index in [2.05, 4.69) is 15.8 Å². The van der Waals surface area contributed by atoms with E-state index in [1.54, 1.807) is 11.8 Å². The molecular weight excluding hydrogens is 320 g/mol. The molecule has 0 saturated carbocycles. The van der Waals surface area contributed by atoms with Gasteiger partial charge in [0, 0.05) is 18.7 Å². The number of urea groups is 1. The Morgan fingerprint density at radius 2 is 2.04 bits per heavy atom. The number of benzene rings is 1. The van der Waals surface area contributed by atoms with Crippen LogP contribution in [-0.4, -0.2) is 29.7 Å². The van der Waals surface area contributed by atoms with Crippen LogP contribution in [-0.2, 0) is 11.2 Å². The summed E-state index contributed by atoms with van der Waals surface area (Å²) in [5, 5.41) is 9.34. The van der Waals surface area contributed by atoms with E-state index in [9.17, 15) is 9.59 Å². The summed E-state index contributed by atoms with van der Waals surface area (Å²) in [6.45, 7) is 6.27. The van der Waals surface area contributed by atoms with Gasteiger partial charge in [0.05, 0.1) is 0 Å². The summed E-state index contributed by atoms with van der Waals surface area (Å²) in [6, 6.07) is 6.82. The minimum absolute atomic E-state index is 0.100. The Morgan fingerprint density at radius 3 is 2.72 bits per heavy atom. The van der Waals surface area contributed by atoms with Crippen LogP contribution in [0.5, 0.6) is 0 Å². The fourth-order valence-electron chi connectivity index (χ4n) is 2.92. The van der Waals surface area contributed by atoms with Gasteiger partial charge in [0.25, 0.3) is 0 Å². The molecule has 1 aromatic carbocycles. The lowest BCUT2D eigenvalue weighted by Gasteiger charge is -2.17. The second-order valence-electron chi connectivity index (χ2n) is 6.18. The van der Waals surface area contributed by atoms with Crippen molar-refractivity contribution >= 4 is 23.3 Å². The monoisotopic (exact) mass is 342 g/mol. The summed E-state index contributed by atoms with van der Waals surface area (Å²) < 4.78 is 5.15. The van der Waals surface area contributed by atoms with Crippen LogP contribution < -0.4 is 15.5 Å². The molecule has 2 heterocycles. The predicted molar refractivity (Wildman–Crippen MR) is 94.7 cm³/mol. The number of amides is 3. The van der Waals surface area contributed by atoms with E-state index >= 15 is 0 Å². The van der Waals surface area contributed by atoms with Gasteiger partial charge in [0.1, 0.15) is 17.4 Å². The number of carbonyl (C=O) groups excluding carboxylic acids is 2. The Balaban J connectivity index is 1.63. The van der Waals surface area contributed by atoms with Crippen molar-refractivity contribution in [2.75, 3.05) is 16.8 Å². The first-order chi connectivity index (χ1) is 12.0. The van der Waals surface area contributed by atoms with Gasteiger partial charge in [-0.15, -0.1) is 0 Å². The first-order valence-corrected chi connectivity index (χ1v) is 8.40. The van der Waals surface area contributed by atoms with E-state index in [1.165, 1.54) is 0 Å². The van der Waals surface area contributed by atoms with Gasteiger partial charge in [-0.1, -0.05) is 29.8 Å². The summed E-state index contributed by atoms with van der Waals surface area (Å²) in [4.78, 5) is 26.5. The number of rotatable bonds is 4. The first kappa shape index (κ1) is 17.0. The molecular formula is C18H22N4O3. The SMILES string of the molecule is CCc1onc(C)c1NC(=O)NC1CCN(c2ccc(C)cc2)C1=O. The van der Waals surface area contributed by atoms with Crippen molar-refractivity contribution < 1.29 is 14.1 Å². The van der Waals surface area contributed by atoms with E-state index in [0.29, 0.717) is 36.5 Å². The third kappa shape index (κ3) is 3.50. The van der Waals surface area contributed by atoms with Crippen molar-refractivity contribution in [2.24, 2.45) is 0 Å². The van der Waals surface area contributed by atoms with Crippen LogP contribution in [0.2, 0.25) is 0 Å². The molecule has 1 aromatic heterocycles. The first-order valence-electron chi connectivity index (χ1n) is 8.40. The molecule has 0 bridgehead atoms. The smallest absolute Gasteiger partial charge is 0.320 e. The summed E-state index contributed by atoms with van der Waals surface area (Å²) in [5.74, 6) is 0.517. The van der Waals surface area contributed by atoms with Crippen LogP contribution in [0.1, 0.15) is 30.4 Å². The van der Waals surface area contributed by atoms with Gasteiger partial charge in [-0.3, -0.25) is 4.79 Å². The van der Waals surface area contributed by atoms with Crippen LogP contribution in [0, 0.1) is 13.8 Å². The number of aromatic nitrogens is 1. The molecule has 1 atom stereocenters. The van der Waals surface area contributed by atoms with E-state index in [-0.39, 0.29) is 5.91 Å². The van der Waals surface area contributed by atoms with E-state index in [0.717, 1.165) is 11.3 Å². The van der Waals surface area contributed by atoms with E-state index in [4.69, 9.17) is 4.52 Å². The number of anilines is 2. The largest absolute Gasteiger partial charge is 0.359 e. The minimum Gasteiger partial charge on any atom is -0.359 e. The fraction of sp³-hybridized carbons (Fsp3) is 0.389. The Hall–Kier alpha value is -2.83. The topological polar surface area (TPSA) is 87.5 Å². The van der Waals surface area contributed by atoms with Crippen molar-refractivity contribution in [1.82, 2.24) is 10.5 Å². The number of hydrogen-bond donors (Lipinski definition) is 2. The molecule has 2 N–H and O–H groups in total. The molecule has 3 amide bonds. The zero-order valence-electron chi connectivity index (χ0n) is 14.6. The van der Waals surface area contributed by atoms with Crippen molar-refractivity contribution in [2.45, 2.75) is 39.7 Å². The van der Waals surface area contributed by atoms with Crippen molar-refractivity contribution in [3.63, 3.8) is 0 Å². The van der Waals surface area contributed by atoms with Crippen molar-refractivity contribution in [3.8, 4) is 0 Å². The molecule has 2 aromatic rings. The number of nitrogens with one attached hydrogen (secondary N) is 2. The zero-order valence-corrected chi connectivity index (χ0v) is 14.6. The average molecular weight is 342 g/mol. The van der Waals surface area contributed by atoms with Crippen LogP contribution in [0.4, 0.5) is 16.2 Å². The number of nitrogens with zero attached hydrogens (tertiary/aromatic N) is 2. The lowest BCUT2D eigenvalue weighted by atomic mass is 10.2. The maximum Gasteiger partial charge on any atom is 0.320 e. The highest BCUT2D eigenvalue weighted by atomic mass is 16.5. The molecule has 1 fully saturated rings. The molecule has 3 rings (SSSR count). The molecule has 0 radical (unpaired) electrons. The second-order valence-corrected chi connectivity index (χ2v) is 6.18. The van der Waals surface area contributed by atoms with Gasteiger partial charge in [0.15, 0.2) is 5.76 Å². The third-order valence-corrected chi connectivity index (χ3v) is 4.35. The standard InChI is InChI=1S/C18H22N4O3/c1-4-15-16(12(3)21-25-15)20-18(24)19-14-9-10-22(17(14)23)13-7-5-11(2)6-8-13/h5-8,14H,4,9-10H2,1-3H3,(H2,19,20,24). The number of hydrogen-bond acceptors (Lipinski definition) is 4. The lowest BCUT2D eigenvalue weighted by Crippen LogP contribution is -2.43. The molecule has 1 unspecified atom stereocenters. The highest BCUT2D eigenvalue weighted by molar-refractivity contribution is 6.02. The summed E-state index contributed by atoms with van der Waals surface area (Å²) in [6.07, 6.45) is 1.20. The van der Waals surface area contributed by atoms with E-state index < -0.39 is 12.1 Å². The predicted octanol–water partition coefficient (Wildman–Crippen LogP) is 2.78. The van der Waals surface area contributed by atoms with Crippen LogP contribution in [0.25, 0.3) is 0 Å². The molecule has 132 valence electrons. The zero-order chi connectivity index (χ0) is 18.0. The molecule has 7 heteroatoms. The number of carbonyl (C=O) groups is 2. The minimum atomic E-state index is -0.536. The average Bonchev–Trinajstić information content (AvgIpc) is 3.12. The lowest BCUT2D eigenvalue weighted by molar-refractivity contribution is -0.118. The second kappa shape index (κ2) is 6.96. The summed E-state index contributed by atoms with van der Waals surface area (Å²) >= 11 is 0. The Bertz CT molecular complexity index is 782. The quantitative estimate of drug-likeness (QED) is 0.894. The van der Waals surface area contributed by atoms with Gasteiger partial charge in [-0.2, -0.15) is 0 Å². The van der Waals surface area contributed by atoms with Crippen molar-refractivity contribution in [1.29, 1.82) is 0 Å². The molecule has 25 heavy (non-hydrogen) atoms. The highest BCUT2D eigenvalue weighted by Gasteiger charge is 2.33. The molecule has 1 aliphatic heterocycles. The van der Waals surface area contributed by atoms with Crippen LogP contribution in [0.3, 0.4) is 0 Å². The third-order valence-electron chi connectivity index (χ3n) is 4.35. The van der Waals surface area contributed by atoms with Gasteiger partial charge < -0.3 is 20.1 Å². The molecule has 1 saturated heterocycles. The van der Waals surface area contributed by atoms with Crippen LogP contribution in [0.15, 0.2) is 28.8 Å². The molecule has 1 aliphatic rings. The van der Waals surface area contributed by atoms with Crippen molar-refractivity contribution in [3.05, 3.63) is 41.3 Å². The summed E-state index contributed by atoms with van der Waals surface area (Å²) in [5.41, 5.74) is 3.18. The van der Waals surface area contributed by atoms with Crippen LogP contribution >= 0.6 is 0 Å². The van der Waals surface area contributed by atoms with E-state index in [1.807, 2.05) is 38.1 Å². The van der Waals surface area contributed by atoms with Gasteiger partial charge in [0.2, 0.25) is 5.91 Å². The maximum atomic E-state index is 12.6. The van der Waals surface area contributed by atoms with Gasteiger partial charge in [-0.05, 0) is 32.4 Å². The highest BCUT2D eigenvalue weighted by Crippen LogP contribution is 2.23.